The molecule has 78 valence electrons. The Morgan fingerprint density at radius 1 is 1.57 bits per heavy atom. The molecule has 0 saturated carbocycles. The van der Waals surface area contributed by atoms with E-state index in [9.17, 15) is 0 Å². The second-order valence-corrected chi connectivity index (χ2v) is 3.09. The van der Waals surface area contributed by atoms with Gasteiger partial charge in [0.25, 0.3) is 0 Å². The van der Waals surface area contributed by atoms with E-state index in [4.69, 9.17) is 16.2 Å². The Balaban J connectivity index is 2.79. The quantitative estimate of drug-likeness (QED) is 0.729. The van der Waals surface area contributed by atoms with Gasteiger partial charge in [-0.05, 0) is 12.5 Å². The number of nitrogens with two attached hydrogens (primary N) is 2. The van der Waals surface area contributed by atoms with E-state index >= 15 is 0 Å². The lowest BCUT2D eigenvalue weighted by Gasteiger charge is -2.13. The second kappa shape index (κ2) is 5.57. The average molecular weight is 195 g/mol. The smallest absolute Gasteiger partial charge is 0.218 e. The lowest BCUT2D eigenvalue weighted by atomic mass is 10.1. The Morgan fingerprint density at radius 2 is 2.36 bits per heavy atom. The Bertz CT molecular complexity index is 278. The van der Waals surface area contributed by atoms with Gasteiger partial charge >= 0.3 is 0 Å². The normalized spacial score (nSPS) is 12.5. The Labute approximate surface area is 84.3 Å². The molecular weight excluding hydrogens is 178 g/mol. The molecule has 1 rings (SSSR count). The van der Waals surface area contributed by atoms with Crippen molar-refractivity contribution in [1.29, 1.82) is 0 Å². The van der Waals surface area contributed by atoms with Gasteiger partial charge in [-0.2, -0.15) is 0 Å². The summed E-state index contributed by atoms with van der Waals surface area (Å²) >= 11 is 0. The topological polar surface area (TPSA) is 74.2 Å². The molecule has 1 aromatic rings. The number of rotatable bonds is 5. The third-order valence-electron chi connectivity index (χ3n) is 1.90. The molecule has 0 aliphatic rings. The van der Waals surface area contributed by atoms with Crippen LogP contribution in [0, 0.1) is 0 Å². The van der Waals surface area contributed by atoms with Crippen LogP contribution in [-0.4, -0.2) is 18.1 Å². The van der Waals surface area contributed by atoms with E-state index in [1.165, 1.54) is 0 Å². The van der Waals surface area contributed by atoms with Crippen molar-refractivity contribution in [1.82, 2.24) is 4.98 Å². The molecule has 4 heteroatoms. The fraction of sp³-hybridized carbons (Fsp3) is 0.500. The summed E-state index contributed by atoms with van der Waals surface area (Å²) in [6.45, 7) is 3.10. The van der Waals surface area contributed by atoms with Crippen LogP contribution in [0.25, 0.3) is 0 Å². The van der Waals surface area contributed by atoms with Gasteiger partial charge in [0.15, 0.2) is 0 Å². The van der Waals surface area contributed by atoms with Crippen molar-refractivity contribution in [3.63, 3.8) is 0 Å². The van der Waals surface area contributed by atoms with Gasteiger partial charge in [-0.15, -0.1) is 0 Å². The lowest BCUT2D eigenvalue weighted by molar-refractivity contribution is 0.300. The van der Waals surface area contributed by atoms with Gasteiger partial charge in [0.2, 0.25) is 5.88 Å². The second-order valence-electron chi connectivity index (χ2n) is 3.09. The van der Waals surface area contributed by atoms with E-state index in [-0.39, 0.29) is 6.04 Å². The number of aromatic nitrogens is 1. The Morgan fingerprint density at radius 3 is 3.00 bits per heavy atom. The van der Waals surface area contributed by atoms with Crippen molar-refractivity contribution in [2.45, 2.75) is 19.4 Å². The van der Waals surface area contributed by atoms with Crippen molar-refractivity contribution >= 4 is 0 Å². The lowest BCUT2D eigenvalue weighted by Crippen LogP contribution is -2.21. The number of pyridine rings is 1. The van der Waals surface area contributed by atoms with Crippen LogP contribution in [0.3, 0.4) is 0 Å². The van der Waals surface area contributed by atoms with E-state index in [1.54, 1.807) is 6.20 Å². The Kier molecular flexibility index (Phi) is 4.35. The first kappa shape index (κ1) is 10.9. The Hall–Kier alpha value is -1.13. The predicted molar refractivity (Wildman–Crippen MR) is 56.0 cm³/mol. The van der Waals surface area contributed by atoms with E-state index in [0.29, 0.717) is 19.0 Å². The zero-order valence-electron chi connectivity index (χ0n) is 8.44. The molecule has 0 aliphatic carbocycles. The van der Waals surface area contributed by atoms with Crippen molar-refractivity contribution in [2.75, 3.05) is 13.2 Å². The van der Waals surface area contributed by atoms with Gasteiger partial charge in [-0.1, -0.05) is 13.0 Å². The molecule has 1 atom stereocenters. The van der Waals surface area contributed by atoms with Crippen LogP contribution in [0.5, 0.6) is 5.88 Å². The molecule has 0 spiro atoms. The maximum atomic E-state index is 5.82. The monoisotopic (exact) mass is 195 g/mol. The van der Waals surface area contributed by atoms with E-state index < -0.39 is 0 Å². The first-order valence-corrected chi connectivity index (χ1v) is 4.83. The first-order chi connectivity index (χ1) is 6.79. The standard InChI is InChI=1S/C10H17N3O/c1-2-6-14-10-8(9(12)7-11)4-3-5-13-10/h3-5,9H,2,6-7,11-12H2,1H3. The van der Waals surface area contributed by atoms with Crippen LogP contribution >= 0.6 is 0 Å². The van der Waals surface area contributed by atoms with Crippen molar-refractivity contribution in [3.8, 4) is 5.88 Å². The minimum Gasteiger partial charge on any atom is -0.477 e. The minimum atomic E-state index is -0.199. The maximum Gasteiger partial charge on any atom is 0.218 e. The molecule has 4 nitrogen and oxygen atoms in total. The summed E-state index contributed by atoms with van der Waals surface area (Å²) in [5, 5.41) is 0. The molecule has 14 heavy (non-hydrogen) atoms. The number of hydrogen-bond acceptors (Lipinski definition) is 4. The summed E-state index contributed by atoms with van der Waals surface area (Å²) in [4.78, 5) is 4.13. The van der Waals surface area contributed by atoms with E-state index in [0.717, 1.165) is 12.0 Å². The van der Waals surface area contributed by atoms with Crippen molar-refractivity contribution in [3.05, 3.63) is 23.9 Å². The van der Waals surface area contributed by atoms with Gasteiger partial charge in [-0.3, -0.25) is 0 Å². The highest BCUT2D eigenvalue weighted by molar-refractivity contribution is 5.28. The number of hydrogen-bond donors (Lipinski definition) is 2. The molecular formula is C10H17N3O. The summed E-state index contributed by atoms with van der Waals surface area (Å²) in [6.07, 6.45) is 2.64. The fourth-order valence-corrected chi connectivity index (χ4v) is 1.13. The van der Waals surface area contributed by atoms with Gasteiger partial charge in [0.05, 0.1) is 6.61 Å². The highest BCUT2D eigenvalue weighted by Crippen LogP contribution is 2.19. The molecule has 1 heterocycles. The minimum absolute atomic E-state index is 0.199. The number of ether oxygens (including phenoxy) is 1. The van der Waals surface area contributed by atoms with E-state index in [1.807, 2.05) is 19.1 Å². The average Bonchev–Trinajstić information content (AvgIpc) is 2.25. The summed E-state index contributed by atoms with van der Waals surface area (Å²) in [5.41, 5.74) is 12.2. The molecule has 0 amide bonds. The van der Waals surface area contributed by atoms with Crippen LogP contribution in [-0.2, 0) is 0 Å². The van der Waals surface area contributed by atoms with Crippen LogP contribution < -0.4 is 16.2 Å². The van der Waals surface area contributed by atoms with Gasteiger partial charge in [0, 0.05) is 24.3 Å². The molecule has 0 fully saturated rings. The van der Waals surface area contributed by atoms with Crippen LogP contribution in [0.15, 0.2) is 18.3 Å². The molecule has 0 bridgehead atoms. The highest BCUT2D eigenvalue weighted by Gasteiger charge is 2.10. The summed E-state index contributed by atoms with van der Waals surface area (Å²) in [6, 6.07) is 3.54. The third-order valence-corrected chi connectivity index (χ3v) is 1.90. The SMILES string of the molecule is CCCOc1ncccc1C(N)CN. The molecule has 1 unspecified atom stereocenters. The largest absolute Gasteiger partial charge is 0.477 e. The van der Waals surface area contributed by atoms with Gasteiger partial charge in [-0.25, -0.2) is 4.98 Å². The van der Waals surface area contributed by atoms with Crippen LogP contribution in [0.1, 0.15) is 24.9 Å². The third kappa shape index (κ3) is 2.68. The zero-order valence-corrected chi connectivity index (χ0v) is 8.44. The fourth-order valence-electron chi connectivity index (χ4n) is 1.13. The number of nitrogens with zero attached hydrogens (tertiary/aromatic N) is 1. The summed E-state index contributed by atoms with van der Waals surface area (Å²) in [7, 11) is 0. The van der Waals surface area contributed by atoms with E-state index in [2.05, 4.69) is 4.98 Å². The molecule has 0 saturated heterocycles. The molecule has 0 aliphatic heterocycles. The van der Waals surface area contributed by atoms with Crippen molar-refractivity contribution < 1.29 is 4.74 Å². The molecule has 0 radical (unpaired) electrons. The summed E-state index contributed by atoms with van der Waals surface area (Å²) < 4.78 is 5.46. The maximum absolute atomic E-state index is 5.82. The molecule has 0 aromatic carbocycles. The van der Waals surface area contributed by atoms with Crippen LogP contribution in [0.4, 0.5) is 0 Å². The summed E-state index contributed by atoms with van der Waals surface area (Å²) in [5.74, 6) is 0.604. The molecule has 1 aromatic heterocycles. The van der Waals surface area contributed by atoms with Crippen molar-refractivity contribution in [2.24, 2.45) is 11.5 Å². The highest BCUT2D eigenvalue weighted by atomic mass is 16.5. The first-order valence-electron chi connectivity index (χ1n) is 4.83. The molecule has 4 N–H and O–H groups in total. The van der Waals surface area contributed by atoms with Crippen LogP contribution in [0.2, 0.25) is 0 Å². The van der Waals surface area contributed by atoms with Gasteiger partial charge < -0.3 is 16.2 Å². The predicted octanol–water partition coefficient (Wildman–Crippen LogP) is 0.829. The van der Waals surface area contributed by atoms with Gasteiger partial charge in [0.1, 0.15) is 0 Å². The zero-order chi connectivity index (χ0) is 10.4.